The Labute approximate surface area is 113 Å². The number of methoxy groups -OCH3 is 1. The Kier molecular flexibility index (Phi) is 4.63. The molecule has 1 aliphatic rings. The Morgan fingerprint density at radius 1 is 1.42 bits per heavy atom. The van der Waals surface area contributed by atoms with Gasteiger partial charge >= 0.3 is 0 Å². The Hall–Kier alpha value is -1.75. The summed E-state index contributed by atoms with van der Waals surface area (Å²) in [6.45, 7) is 1.09. The highest BCUT2D eigenvalue weighted by Gasteiger charge is 2.23. The minimum absolute atomic E-state index is 0.0525. The van der Waals surface area contributed by atoms with Gasteiger partial charge in [-0.05, 0) is 25.3 Å². The van der Waals surface area contributed by atoms with Crippen molar-refractivity contribution in [1.29, 1.82) is 0 Å². The Morgan fingerprint density at radius 3 is 3.00 bits per heavy atom. The van der Waals surface area contributed by atoms with Gasteiger partial charge in [-0.15, -0.1) is 0 Å². The Morgan fingerprint density at radius 2 is 2.26 bits per heavy atom. The van der Waals surface area contributed by atoms with Crippen LogP contribution in [-0.4, -0.2) is 25.7 Å². The fourth-order valence-electron chi connectivity index (χ4n) is 2.12. The van der Waals surface area contributed by atoms with E-state index in [9.17, 15) is 4.79 Å². The summed E-state index contributed by atoms with van der Waals surface area (Å²) in [6, 6.07) is 5.48. The molecule has 0 aromatic heterocycles. The summed E-state index contributed by atoms with van der Waals surface area (Å²) in [4.78, 5) is 11.9. The molecule has 2 rings (SSSR count). The lowest BCUT2D eigenvalue weighted by Crippen LogP contribution is -2.36. The molecule has 0 radical (unpaired) electrons. The lowest BCUT2D eigenvalue weighted by Gasteiger charge is -2.18. The quantitative estimate of drug-likeness (QED) is 0.857. The number of carbonyl (C=O) groups is 1. The van der Waals surface area contributed by atoms with Gasteiger partial charge in [0, 0.05) is 24.7 Å². The van der Waals surface area contributed by atoms with E-state index in [4.69, 9.17) is 15.2 Å². The summed E-state index contributed by atoms with van der Waals surface area (Å²) >= 11 is 0. The van der Waals surface area contributed by atoms with Crippen molar-refractivity contribution in [3.63, 3.8) is 0 Å². The second kappa shape index (κ2) is 6.43. The van der Waals surface area contributed by atoms with Crippen LogP contribution in [0, 0.1) is 0 Å². The summed E-state index contributed by atoms with van der Waals surface area (Å²) < 4.78 is 11.0. The average molecular weight is 264 g/mol. The molecule has 5 nitrogen and oxygen atoms in total. The van der Waals surface area contributed by atoms with Crippen molar-refractivity contribution in [2.45, 2.75) is 31.9 Å². The summed E-state index contributed by atoms with van der Waals surface area (Å²) in [6.07, 6.45) is 2.26. The van der Waals surface area contributed by atoms with Crippen LogP contribution in [0.15, 0.2) is 18.2 Å². The number of rotatable bonds is 4. The molecular formula is C14H20N2O3. The molecule has 1 atom stereocenters. The van der Waals surface area contributed by atoms with E-state index in [0.29, 0.717) is 18.0 Å². The van der Waals surface area contributed by atoms with Crippen molar-refractivity contribution in [2.75, 3.05) is 13.7 Å². The molecule has 5 heteroatoms. The number of ether oxygens (including phenoxy) is 2. The number of nitrogens with two attached hydrogens (primary N) is 1. The highest BCUT2D eigenvalue weighted by molar-refractivity contribution is 5.81. The van der Waals surface area contributed by atoms with E-state index in [1.807, 2.05) is 12.1 Å². The number of nitrogens with one attached hydrogen (secondary N) is 1. The van der Waals surface area contributed by atoms with E-state index in [1.54, 1.807) is 13.2 Å². The molecule has 19 heavy (non-hydrogen) atoms. The second-order valence-corrected chi connectivity index (χ2v) is 4.57. The third-order valence-electron chi connectivity index (χ3n) is 3.25. The highest BCUT2D eigenvalue weighted by Crippen LogP contribution is 2.26. The average Bonchev–Trinajstić information content (AvgIpc) is 2.64. The molecule has 1 fully saturated rings. The monoisotopic (exact) mass is 264 g/mol. The van der Waals surface area contributed by atoms with Gasteiger partial charge < -0.3 is 20.5 Å². The van der Waals surface area contributed by atoms with E-state index in [2.05, 4.69) is 5.32 Å². The highest BCUT2D eigenvalue weighted by atomic mass is 16.5. The van der Waals surface area contributed by atoms with Gasteiger partial charge in [0.15, 0.2) is 6.10 Å². The normalized spacial score (nSPS) is 19.5. The number of amides is 1. The molecule has 0 saturated carbocycles. The van der Waals surface area contributed by atoms with Crippen LogP contribution in [0.1, 0.15) is 24.8 Å². The molecule has 104 valence electrons. The fraction of sp³-hybridized carbons (Fsp3) is 0.500. The van der Waals surface area contributed by atoms with Crippen molar-refractivity contribution in [3.8, 4) is 11.5 Å². The first-order valence-electron chi connectivity index (χ1n) is 6.56. The van der Waals surface area contributed by atoms with Gasteiger partial charge in [-0.25, -0.2) is 0 Å². The van der Waals surface area contributed by atoms with Crippen LogP contribution in [0.25, 0.3) is 0 Å². The molecule has 1 aromatic rings. The Bertz CT molecular complexity index is 448. The van der Waals surface area contributed by atoms with Crippen LogP contribution >= 0.6 is 0 Å². The van der Waals surface area contributed by atoms with Gasteiger partial charge in [-0.2, -0.15) is 0 Å². The maximum atomic E-state index is 11.9. The van der Waals surface area contributed by atoms with Crippen LogP contribution in [0.4, 0.5) is 0 Å². The maximum Gasteiger partial charge on any atom is 0.261 e. The molecule has 1 aromatic carbocycles. The van der Waals surface area contributed by atoms with Crippen LogP contribution in [0.3, 0.4) is 0 Å². The smallest absolute Gasteiger partial charge is 0.261 e. The predicted molar refractivity (Wildman–Crippen MR) is 72.2 cm³/mol. The lowest BCUT2D eigenvalue weighted by atomic mass is 10.1. The van der Waals surface area contributed by atoms with Gasteiger partial charge in [0.2, 0.25) is 0 Å². The van der Waals surface area contributed by atoms with E-state index >= 15 is 0 Å². The number of carbonyl (C=O) groups excluding carboxylic acids is 1. The molecule has 0 spiro atoms. The first kappa shape index (κ1) is 13.7. The first-order valence-corrected chi connectivity index (χ1v) is 6.56. The van der Waals surface area contributed by atoms with Crippen molar-refractivity contribution in [2.24, 2.45) is 5.73 Å². The van der Waals surface area contributed by atoms with E-state index in [1.165, 1.54) is 0 Å². The molecule has 3 N–H and O–H groups in total. The molecule has 0 bridgehead atoms. The van der Waals surface area contributed by atoms with Crippen LogP contribution in [-0.2, 0) is 11.3 Å². The van der Waals surface area contributed by atoms with Crippen molar-refractivity contribution >= 4 is 5.91 Å². The third kappa shape index (κ3) is 3.38. The summed E-state index contributed by atoms with van der Waals surface area (Å²) in [7, 11) is 1.60. The zero-order valence-electron chi connectivity index (χ0n) is 11.1. The standard InChI is InChI=1S/C14H20N2O3/c1-18-11-6-5-10(9-15)13(8-11)19-12-4-2-3-7-16-14(12)17/h5-6,8,12H,2-4,7,9,15H2,1H3,(H,16,17). The largest absolute Gasteiger partial charge is 0.497 e. The Balaban J connectivity index is 2.18. The molecular weight excluding hydrogens is 244 g/mol. The van der Waals surface area contributed by atoms with Gasteiger partial charge in [-0.3, -0.25) is 4.79 Å². The van der Waals surface area contributed by atoms with Crippen LogP contribution in [0.2, 0.25) is 0 Å². The summed E-state index contributed by atoms with van der Waals surface area (Å²) in [5.74, 6) is 1.27. The SMILES string of the molecule is COc1ccc(CN)c(OC2CCCCNC2=O)c1. The van der Waals surface area contributed by atoms with Crippen LogP contribution in [0.5, 0.6) is 11.5 Å². The van der Waals surface area contributed by atoms with E-state index in [0.717, 1.165) is 31.4 Å². The van der Waals surface area contributed by atoms with Gasteiger partial charge in [0.05, 0.1) is 7.11 Å². The molecule has 1 unspecified atom stereocenters. The first-order chi connectivity index (χ1) is 9.24. The molecule has 1 aliphatic heterocycles. The molecule has 1 saturated heterocycles. The number of benzene rings is 1. The molecule has 0 aliphatic carbocycles. The van der Waals surface area contributed by atoms with E-state index in [-0.39, 0.29) is 5.91 Å². The van der Waals surface area contributed by atoms with Crippen molar-refractivity contribution < 1.29 is 14.3 Å². The zero-order valence-corrected chi connectivity index (χ0v) is 11.1. The summed E-state index contributed by atoms with van der Waals surface area (Å²) in [5.41, 5.74) is 6.56. The second-order valence-electron chi connectivity index (χ2n) is 4.57. The van der Waals surface area contributed by atoms with Gasteiger partial charge in [-0.1, -0.05) is 6.07 Å². The summed E-state index contributed by atoms with van der Waals surface area (Å²) in [5, 5.41) is 2.85. The fourth-order valence-corrected chi connectivity index (χ4v) is 2.12. The number of hydrogen-bond acceptors (Lipinski definition) is 4. The minimum Gasteiger partial charge on any atom is -0.497 e. The number of hydrogen-bond donors (Lipinski definition) is 2. The van der Waals surface area contributed by atoms with Gasteiger partial charge in [0.1, 0.15) is 11.5 Å². The van der Waals surface area contributed by atoms with Gasteiger partial charge in [0.25, 0.3) is 5.91 Å². The molecule has 1 heterocycles. The van der Waals surface area contributed by atoms with Crippen molar-refractivity contribution in [3.05, 3.63) is 23.8 Å². The predicted octanol–water partition coefficient (Wildman–Crippen LogP) is 1.20. The third-order valence-corrected chi connectivity index (χ3v) is 3.25. The van der Waals surface area contributed by atoms with E-state index < -0.39 is 6.10 Å². The zero-order chi connectivity index (χ0) is 13.7. The minimum atomic E-state index is -0.445. The van der Waals surface area contributed by atoms with Crippen molar-refractivity contribution in [1.82, 2.24) is 5.32 Å². The lowest BCUT2D eigenvalue weighted by molar-refractivity contribution is -0.127. The molecule has 1 amide bonds. The van der Waals surface area contributed by atoms with Crippen LogP contribution < -0.4 is 20.5 Å². The topological polar surface area (TPSA) is 73.6 Å². The maximum absolute atomic E-state index is 11.9.